The number of nitrogens with zero attached hydrogens (tertiary/aromatic N) is 1. The monoisotopic (exact) mass is 388 g/mol. The van der Waals surface area contributed by atoms with Crippen molar-refractivity contribution in [3.8, 4) is 0 Å². The molecule has 1 aromatic rings. The largest absolute Gasteiger partial charge is 0.250 e. The summed E-state index contributed by atoms with van der Waals surface area (Å²) in [6.07, 6.45) is 3.82. The zero-order valence-electron chi connectivity index (χ0n) is 12.6. The van der Waals surface area contributed by atoms with Crippen LogP contribution in [-0.4, -0.2) is 47.0 Å². The number of halogens is 1. The molecule has 0 atom stereocenters. The molecular formula is C12H21ClN2O4S3. The van der Waals surface area contributed by atoms with E-state index in [0.29, 0.717) is 10.9 Å². The first kappa shape index (κ1) is 19.9. The molecule has 0 aliphatic carbocycles. The summed E-state index contributed by atoms with van der Waals surface area (Å²) in [7, 11) is -6.99. The van der Waals surface area contributed by atoms with Gasteiger partial charge in [0.15, 0.2) is 0 Å². The van der Waals surface area contributed by atoms with E-state index in [1.54, 1.807) is 0 Å². The molecule has 0 spiro atoms. The van der Waals surface area contributed by atoms with Crippen molar-refractivity contribution in [1.82, 2.24) is 9.03 Å². The van der Waals surface area contributed by atoms with Crippen molar-refractivity contribution in [3.63, 3.8) is 0 Å². The second kappa shape index (κ2) is 8.60. The van der Waals surface area contributed by atoms with Gasteiger partial charge in [0, 0.05) is 19.6 Å². The van der Waals surface area contributed by atoms with Crippen LogP contribution in [0.2, 0.25) is 4.34 Å². The minimum atomic E-state index is -3.64. The Labute approximate surface area is 141 Å². The normalized spacial score (nSPS) is 12.9. The molecule has 0 radical (unpaired) electrons. The number of unbranched alkanes of at least 4 members (excludes halogenated alkanes) is 2. The highest BCUT2D eigenvalue weighted by molar-refractivity contribution is 7.91. The quantitative estimate of drug-likeness (QED) is 0.622. The maximum Gasteiger partial charge on any atom is 0.250 e. The molecule has 0 amide bonds. The molecule has 1 rings (SSSR count). The third-order valence-electron chi connectivity index (χ3n) is 2.95. The van der Waals surface area contributed by atoms with Gasteiger partial charge >= 0.3 is 0 Å². The number of thiophene rings is 1. The Bertz CT molecular complexity index is 670. The highest BCUT2D eigenvalue weighted by Crippen LogP contribution is 2.25. The maximum atomic E-state index is 12.0. The molecule has 0 bridgehead atoms. The number of hydrogen-bond acceptors (Lipinski definition) is 5. The molecule has 6 nitrogen and oxygen atoms in total. The Kier molecular flexibility index (Phi) is 7.76. The summed E-state index contributed by atoms with van der Waals surface area (Å²) in [5, 5.41) is 0. The van der Waals surface area contributed by atoms with E-state index in [2.05, 4.69) is 4.72 Å². The van der Waals surface area contributed by atoms with Crippen LogP contribution in [0, 0.1) is 0 Å². The van der Waals surface area contributed by atoms with Crippen molar-refractivity contribution in [2.45, 2.75) is 30.4 Å². The highest BCUT2D eigenvalue weighted by Gasteiger charge is 2.19. The minimum absolute atomic E-state index is 0.0248. The van der Waals surface area contributed by atoms with Crippen molar-refractivity contribution in [2.24, 2.45) is 0 Å². The van der Waals surface area contributed by atoms with Crippen LogP contribution in [0.5, 0.6) is 0 Å². The Morgan fingerprint density at radius 3 is 2.36 bits per heavy atom. The fraction of sp³-hybridized carbons (Fsp3) is 0.667. The number of hydrogen-bond donors (Lipinski definition) is 1. The zero-order valence-corrected chi connectivity index (χ0v) is 15.8. The van der Waals surface area contributed by atoms with Gasteiger partial charge in [0.1, 0.15) is 4.21 Å². The van der Waals surface area contributed by atoms with E-state index < -0.39 is 20.0 Å². The Morgan fingerprint density at radius 1 is 1.18 bits per heavy atom. The molecule has 0 aromatic carbocycles. The number of nitrogens with one attached hydrogen (secondary N) is 1. The van der Waals surface area contributed by atoms with E-state index in [-0.39, 0.29) is 17.3 Å². The molecule has 0 saturated heterocycles. The number of rotatable bonds is 10. The lowest BCUT2D eigenvalue weighted by atomic mass is 10.2. The average Bonchev–Trinajstić information content (AvgIpc) is 2.83. The van der Waals surface area contributed by atoms with Crippen LogP contribution in [-0.2, 0) is 20.0 Å². The van der Waals surface area contributed by atoms with Crippen molar-refractivity contribution in [2.75, 3.05) is 25.9 Å². The summed E-state index contributed by atoms with van der Waals surface area (Å²) in [4.78, 5) is 0. The topological polar surface area (TPSA) is 83.6 Å². The fourth-order valence-electron chi connectivity index (χ4n) is 1.80. The zero-order chi connectivity index (χ0) is 16.8. The van der Waals surface area contributed by atoms with Crippen LogP contribution in [0.1, 0.15) is 26.2 Å². The highest BCUT2D eigenvalue weighted by atomic mass is 35.5. The third kappa shape index (κ3) is 6.51. The molecule has 0 fully saturated rings. The first-order chi connectivity index (χ1) is 10.2. The van der Waals surface area contributed by atoms with Crippen molar-refractivity contribution >= 4 is 43.0 Å². The van der Waals surface area contributed by atoms with Crippen molar-refractivity contribution < 1.29 is 16.8 Å². The van der Waals surface area contributed by atoms with Gasteiger partial charge in [-0.1, -0.05) is 31.4 Å². The average molecular weight is 389 g/mol. The van der Waals surface area contributed by atoms with E-state index in [0.717, 1.165) is 36.9 Å². The van der Waals surface area contributed by atoms with Crippen molar-refractivity contribution in [1.29, 1.82) is 0 Å². The molecule has 0 unspecified atom stereocenters. The van der Waals surface area contributed by atoms with Gasteiger partial charge in [-0.2, -0.15) is 0 Å². The summed E-state index contributed by atoms with van der Waals surface area (Å²) in [5.41, 5.74) is 0. The van der Waals surface area contributed by atoms with Gasteiger partial charge in [0.2, 0.25) is 20.0 Å². The Hall–Kier alpha value is -0.190. The summed E-state index contributed by atoms with van der Waals surface area (Å²) >= 11 is 6.68. The predicted molar refractivity (Wildman–Crippen MR) is 90.5 cm³/mol. The Balaban J connectivity index is 2.58. The second-order valence-electron chi connectivity index (χ2n) is 4.83. The lowest BCUT2D eigenvalue weighted by Crippen LogP contribution is -2.38. The Morgan fingerprint density at radius 2 is 1.86 bits per heavy atom. The SMILES string of the molecule is CCCCCN(CCNS(=O)(=O)c1ccc(Cl)s1)S(C)(=O)=O. The van der Waals surface area contributed by atoms with Crippen LogP contribution >= 0.6 is 22.9 Å². The van der Waals surface area contributed by atoms with Crippen molar-refractivity contribution in [3.05, 3.63) is 16.5 Å². The van der Waals surface area contributed by atoms with Gasteiger partial charge in [-0.05, 0) is 18.6 Å². The molecule has 0 aliphatic rings. The summed E-state index contributed by atoms with van der Waals surface area (Å²) in [6.45, 7) is 2.57. The molecule has 128 valence electrons. The van der Waals surface area contributed by atoms with Gasteiger partial charge in [0.25, 0.3) is 0 Å². The van der Waals surface area contributed by atoms with Crippen LogP contribution < -0.4 is 4.72 Å². The van der Waals surface area contributed by atoms with Gasteiger partial charge in [-0.25, -0.2) is 25.9 Å². The second-order valence-corrected chi connectivity index (χ2v) is 10.5. The van der Waals surface area contributed by atoms with Gasteiger partial charge in [-0.3, -0.25) is 0 Å². The summed E-state index contributed by atoms with van der Waals surface area (Å²) in [6, 6.07) is 2.93. The molecule has 1 N–H and O–H groups in total. The first-order valence-electron chi connectivity index (χ1n) is 6.87. The summed E-state index contributed by atoms with van der Waals surface area (Å²) < 4.78 is 51.6. The van der Waals surface area contributed by atoms with E-state index in [1.807, 2.05) is 6.92 Å². The van der Waals surface area contributed by atoms with E-state index in [4.69, 9.17) is 11.6 Å². The smallest absolute Gasteiger partial charge is 0.213 e. The van der Waals surface area contributed by atoms with E-state index >= 15 is 0 Å². The molecule has 10 heteroatoms. The summed E-state index contributed by atoms with van der Waals surface area (Å²) in [5.74, 6) is 0. The first-order valence-corrected chi connectivity index (χ1v) is 11.4. The standard InChI is InChI=1S/C12H21ClN2O4S3/c1-3-4-5-9-15(21(2,16)17)10-8-14-22(18,19)12-7-6-11(13)20-12/h6-7,14H,3-5,8-10H2,1-2H3. The van der Waals surface area contributed by atoms with Crippen LogP contribution in [0.4, 0.5) is 0 Å². The molecule has 22 heavy (non-hydrogen) atoms. The van der Waals surface area contributed by atoms with Gasteiger partial charge < -0.3 is 0 Å². The molecule has 1 heterocycles. The lowest BCUT2D eigenvalue weighted by Gasteiger charge is -2.19. The fourth-order valence-corrected chi connectivity index (χ4v) is 5.23. The maximum absolute atomic E-state index is 12.0. The molecule has 1 aromatic heterocycles. The molecular weight excluding hydrogens is 368 g/mol. The van der Waals surface area contributed by atoms with E-state index in [9.17, 15) is 16.8 Å². The van der Waals surface area contributed by atoms with E-state index in [1.165, 1.54) is 16.4 Å². The van der Waals surface area contributed by atoms with Crippen LogP contribution in [0.3, 0.4) is 0 Å². The predicted octanol–water partition coefficient (Wildman–Crippen LogP) is 2.13. The third-order valence-corrected chi connectivity index (χ3v) is 7.43. The van der Waals surface area contributed by atoms with Gasteiger partial charge in [-0.15, -0.1) is 11.3 Å². The lowest BCUT2D eigenvalue weighted by molar-refractivity contribution is 0.405. The van der Waals surface area contributed by atoms with Gasteiger partial charge in [0.05, 0.1) is 10.6 Å². The number of sulfonamides is 2. The molecule has 0 saturated carbocycles. The minimum Gasteiger partial charge on any atom is -0.213 e. The van der Waals surface area contributed by atoms with Crippen LogP contribution in [0.25, 0.3) is 0 Å². The molecule has 0 aliphatic heterocycles. The van der Waals surface area contributed by atoms with Crippen LogP contribution in [0.15, 0.2) is 16.3 Å².